The highest BCUT2D eigenvalue weighted by Crippen LogP contribution is 2.42. The zero-order chi connectivity index (χ0) is 43.0. The van der Waals surface area contributed by atoms with Crippen LogP contribution in [0, 0.1) is 11.8 Å². The van der Waals surface area contributed by atoms with Crippen LogP contribution >= 0.6 is 11.3 Å². The number of amides is 4. The van der Waals surface area contributed by atoms with Gasteiger partial charge in [0, 0.05) is 27.6 Å². The highest BCUT2D eigenvalue weighted by molar-refractivity contribution is 7.18. The van der Waals surface area contributed by atoms with Gasteiger partial charge in [0.05, 0.1) is 42.5 Å². The Labute approximate surface area is 360 Å². The quantitative estimate of drug-likeness (QED) is 0.0882. The molecule has 1 unspecified atom stereocenters. The minimum Gasteiger partial charge on any atom is -0.453 e. The van der Waals surface area contributed by atoms with Crippen molar-refractivity contribution in [2.24, 2.45) is 11.8 Å². The number of aryl methyl sites for hydroxylation is 2. The first kappa shape index (κ1) is 42.0. The van der Waals surface area contributed by atoms with Crippen LogP contribution in [-0.4, -0.2) is 81.7 Å². The first-order valence-electron chi connectivity index (χ1n) is 21.5. The lowest BCUT2D eigenvalue weighted by Crippen LogP contribution is -2.56. The van der Waals surface area contributed by atoms with Gasteiger partial charge in [-0.3, -0.25) is 9.59 Å². The average molecular weight is 849 g/mol. The first-order chi connectivity index (χ1) is 29.4. The third-order valence-corrected chi connectivity index (χ3v) is 13.8. The number of carbonyl (C=O) groups excluding carboxylic acids is 4. The van der Waals surface area contributed by atoms with Crippen LogP contribution in [0.4, 0.5) is 9.59 Å². The lowest BCUT2D eigenvalue weighted by molar-refractivity contribution is -0.135. The van der Waals surface area contributed by atoms with Gasteiger partial charge in [-0.05, 0) is 97.4 Å². The molecule has 3 aromatic heterocycles. The number of rotatable bonds is 11. The molecule has 0 spiro atoms. The second-order valence-electron chi connectivity index (χ2n) is 17.3. The van der Waals surface area contributed by atoms with E-state index >= 15 is 0 Å². The van der Waals surface area contributed by atoms with E-state index in [0.717, 1.165) is 113 Å². The SMILES string of the molecule is COC(=O)NC(C(=O)NC1(c2nc3ccc(-c4ccc(-c5ccc6c(c5)CCc5[nH]c([C@@H]7CCCN7C(=O)[C@@H](NC(=O)OC)C(C)C)nc5-6)s4)cc3[nH]2)CCCCC1)C(C)C. The largest absolute Gasteiger partial charge is 0.453 e. The summed E-state index contributed by atoms with van der Waals surface area (Å²) >= 11 is 1.74. The summed E-state index contributed by atoms with van der Waals surface area (Å²) in [5, 5.41) is 8.75. The number of benzene rings is 2. The van der Waals surface area contributed by atoms with Crippen LogP contribution in [0.2, 0.25) is 0 Å². The highest BCUT2D eigenvalue weighted by atomic mass is 32.1. The Morgan fingerprint density at radius 3 is 2.16 bits per heavy atom. The Balaban J connectivity index is 1.00. The van der Waals surface area contributed by atoms with E-state index in [9.17, 15) is 19.2 Å². The maximum Gasteiger partial charge on any atom is 0.407 e. The van der Waals surface area contributed by atoms with E-state index < -0.39 is 29.8 Å². The normalized spacial score (nSPS) is 18.0. The van der Waals surface area contributed by atoms with Crippen molar-refractivity contribution in [1.82, 2.24) is 40.8 Å². The topological polar surface area (TPSA) is 183 Å². The fourth-order valence-electron chi connectivity index (χ4n) is 9.28. The number of alkyl carbamates (subject to hydrolysis) is 2. The van der Waals surface area contributed by atoms with Crippen molar-refractivity contribution in [2.75, 3.05) is 20.8 Å². The third-order valence-electron chi connectivity index (χ3n) is 12.6. The number of aromatic amines is 2. The van der Waals surface area contributed by atoms with Gasteiger partial charge in [0.2, 0.25) is 11.8 Å². The molecule has 1 saturated carbocycles. The minimum atomic E-state index is -0.740. The number of thiophene rings is 1. The molecule has 4 amide bonds. The van der Waals surface area contributed by atoms with Gasteiger partial charge in [-0.15, -0.1) is 11.3 Å². The molecule has 61 heavy (non-hydrogen) atoms. The van der Waals surface area contributed by atoms with Crippen LogP contribution in [0.1, 0.15) is 102 Å². The number of likely N-dealkylation sites (tertiary alicyclic amines) is 1. The Morgan fingerprint density at radius 2 is 1.48 bits per heavy atom. The van der Waals surface area contributed by atoms with Gasteiger partial charge in [-0.1, -0.05) is 65.2 Å². The predicted octanol–water partition coefficient (Wildman–Crippen LogP) is 8.15. The van der Waals surface area contributed by atoms with E-state index in [2.05, 4.69) is 68.4 Å². The lowest BCUT2D eigenvalue weighted by Gasteiger charge is -2.38. The van der Waals surface area contributed by atoms with E-state index in [4.69, 9.17) is 19.4 Å². The molecule has 2 aliphatic carbocycles. The molecule has 0 radical (unpaired) electrons. The summed E-state index contributed by atoms with van der Waals surface area (Å²) in [6, 6.07) is 15.6. The molecule has 15 heteroatoms. The fourth-order valence-corrected chi connectivity index (χ4v) is 10.3. The number of nitrogens with zero attached hydrogens (tertiary/aromatic N) is 3. The van der Waals surface area contributed by atoms with Crippen molar-refractivity contribution in [1.29, 1.82) is 0 Å². The highest BCUT2D eigenvalue weighted by Gasteiger charge is 2.41. The number of carbonyl (C=O) groups is 4. The molecule has 1 saturated heterocycles. The zero-order valence-electron chi connectivity index (χ0n) is 35.8. The summed E-state index contributed by atoms with van der Waals surface area (Å²) in [5.74, 6) is 0.933. The smallest absolute Gasteiger partial charge is 0.407 e. The molecule has 3 atom stereocenters. The summed E-state index contributed by atoms with van der Waals surface area (Å²) < 4.78 is 9.60. The molecule has 2 aromatic carbocycles. The molecule has 4 heterocycles. The summed E-state index contributed by atoms with van der Waals surface area (Å²) in [6.07, 6.45) is 6.64. The van der Waals surface area contributed by atoms with Crippen LogP contribution in [0.3, 0.4) is 0 Å². The van der Waals surface area contributed by atoms with E-state index in [0.29, 0.717) is 6.54 Å². The number of imidazole rings is 2. The Morgan fingerprint density at radius 1 is 0.803 bits per heavy atom. The van der Waals surface area contributed by atoms with E-state index in [-0.39, 0.29) is 29.7 Å². The summed E-state index contributed by atoms with van der Waals surface area (Å²) in [7, 11) is 2.60. The Hall–Kier alpha value is -5.70. The molecule has 3 aliphatic rings. The maximum atomic E-state index is 13.7. The zero-order valence-corrected chi connectivity index (χ0v) is 36.6. The number of fused-ring (bicyclic) bond motifs is 4. The number of methoxy groups -OCH3 is 2. The standard InChI is InChI=1S/C46H56N8O6S/c1-25(2)37(51-44(57)59-5)41(55)53-46(20-8-7-9-21-46)43-48-31-16-14-29(24-33(31)49-43)36-19-18-35(61-36)28-12-15-30-27(23-28)13-17-32-39(30)50-40(47-32)34-11-10-22-54(34)42(56)38(26(3)4)52-45(58)60-6/h12,14-16,18-19,23-26,34,37-38H,7-11,13,17,20-22H2,1-6H3,(H,47,50)(H,48,49)(H,51,57)(H,52,58)(H,53,55)/t34-,37?,38-/m0/s1. The Bertz CT molecular complexity index is 2440. The van der Waals surface area contributed by atoms with Crippen LogP contribution in [0.5, 0.6) is 0 Å². The van der Waals surface area contributed by atoms with Crippen LogP contribution < -0.4 is 16.0 Å². The van der Waals surface area contributed by atoms with Crippen molar-refractivity contribution in [3.63, 3.8) is 0 Å². The van der Waals surface area contributed by atoms with Gasteiger partial charge in [-0.25, -0.2) is 19.6 Å². The molecule has 14 nitrogen and oxygen atoms in total. The van der Waals surface area contributed by atoms with Gasteiger partial charge in [-0.2, -0.15) is 0 Å². The Kier molecular flexibility index (Phi) is 11.9. The predicted molar refractivity (Wildman–Crippen MR) is 235 cm³/mol. The molecule has 322 valence electrons. The van der Waals surface area contributed by atoms with E-state index in [1.54, 1.807) is 11.3 Å². The monoisotopic (exact) mass is 848 g/mol. The van der Waals surface area contributed by atoms with Crippen LogP contribution in [0.15, 0.2) is 48.5 Å². The summed E-state index contributed by atoms with van der Waals surface area (Å²) in [6.45, 7) is 8.25. The van der Waals surface area contributed by atoms with Gasteiger partial charge in [0.15, 0.2) is 0 Å². The fraction of sp³-hybridized carbons (Fsp3) is 0.478. The number of hydrogen-bond donors (Lipinski definition) is 5. The molecule has 2 fully saturated rings. The van der Waals surface area contributed by atoms with Crippen LogP contribution in [-0.2, 0) is 37.4 Å². The average Bonchev–Trinajstić information content (AvgIpc) is 4.10. The molecule has 1 aliphatic heterocycles. The molecule has 5 N–H and O–H groups in total. The second-order valence-corrected chi connectivity index (χ2v) is 18.4. The molecular weight excluding hydrogens is 793 g/mol. The number of ether oxygens (including phenoxy) is 2. The van der Waals surface area contributed by atoms with Gasteiger partial charge >= 0.3 is 12.2 Å². The number of hydrogen-bond acceptors (Lipinski definition) is 9. The summed E-state index contributed by atoms with van der Waals surface area (Å²) in [4.78, 5) is 73.1. The minimum absolute atomic E-state index is 0.101. The number of nitrogens with one attached hydrogen (secondary N) is 5. The second kappa shape index (κ2) is 17.3. The first-order valence-corrected chi connectivity index (χ1v) is 22.3. The van der Waals surface area contributed by atoms with E-state index in [1.807, 2.05) is 38.7 Å². The van der Waals surface area contributed by atoms with Gasteiger partial charge < -0.3 is 40.3 Å². The number of aromatic nitrogens is 4. The maximum absolute atomic E-state index is 13.7. The van der Waals surface area contributed by atoms with Gasteiger partial charge in [0.1, 0.15) is 23.7 Å². The van der Waals surface area contributed by atoms with Crippen molar-refractivity contribution in [3.8, 4) is 32.1 Å². The van der Waals surface area contributed by atoms with Crippen molar-refractivity contribution in [3.05, 3.63) is 71.4 Å². The van der Waals surface area contributed by atoms with Crippen LogP contribution in [0.25, 0.3) is 43.2 Å². The summed E-state index contributed by atoms with van der Waals surface area (Å²) in [5.41, 5.74) is 7.69. The lowest BCUT2D eigenvalue weighted by atomic mass is 9.80. The van der Waals surface area contributed by atoms with Crippen molar-refractivity contribution >= 4 is 46.4 Å². The molecule has 0 bridgehead atoms. The molecule has 8 rings (SSSR count). The van der Waals surface area contributed by atoms with Gasteiger partial charge in [0.25, 0.3) is 0 Å². The number of H-pyrrole nitrogens is 2. The molecular formula is C46H56N8O6S. The van der Waals surface area contributed by atoms with Crippen molar-refractivity contribution < 1.29 is 28.7 Å². The van der Waals surface area contributed by atoms with E-state index in [1.165, 1.54) is 24.7 Å². The van der Waals surface area contributed by atoms with Crippen molar-refractivity contribution in [2.45, 2.75) is 109 Å². The third kappa shape index (κ3) is 8.36. The molecule has 5 aromatic rings.